The molecule has 7 heteroatoms. The summed E-state index contributed by atoms with van der Waals surface area (Å²) in [5.41, 5.74) is 0.462. The van der Waals surface area contributed by atoms with Crippen molar-refractivity contribution in [2.45, 2.75) is 24.8 Å². The first-order chi connectivity index (χ1) is 9.23. The molecule has 6 nitrogen and oxygen atoms in total. The summed E-state index contributed by atoms with van der Waals surface area (Å²) in [5, 5.41) is 5.65. The van der Waals surface area contributed by atoms with Crippen LogP contribution in [-0.2, 0) is 14.8 Å². The fourth-order valence-corrected chi connectivity index (χ4v) is 2.40. The molecule has 0 bridgehead atoms. The summed E-state index contributed by atoms with van der Waals surface area (Å²) in [7, 11) is -0.564. The van der Waals surface area contributed by atoms with Crippen molar-refractivity contribution in [3.63, 3.8) is 0 Å². The second-order valence-corrected chi connectivity index (χ2v) is 7.05. The zero-order valence-electron chi connectivity index (χ0n) is 12.2. The number of amides is 1. The highest BCUT2D eigenvalue weighted by atomic mass is 32.2. The van der Waals surface area contributed by atoms with Gasteiger partial charge in [0.15, 0.2) is 0 Å². The molecule has 0 aliphatic carbocycles. The molecule has 0 atom stereocenters. The number of anilines is 1. The normalized spacial score (nSPS) is 11.9. The van der Waals surface area contributed by atoms with Gasteiger partial charge in [0.2, 0.25) is 15.9 Å². The van der Waals surface area contributed by atoms with Crippen LogP contribution in [0.3, 0.4) is 0 Å². The van der Waals surface area contributed by atoms with E-state index in [1.807, 2.05) is 13.8 Å². The van der Waals surface area contributed by atoms with E-state index in [-0.39, 0.29) is 23.4 Å². The molecule has 0 radical (unpaired) electrons. The Morgan fingerprint density at radius 1 is 1.30 bits per heavy atom. The Hall–Kier alpha value is -1.44. The number of nitrogens with zero attached hydrogens (tertiary/aromatic N) is 1. The highest BCUT2D eigenvalue weighted by Gasteiger charge is 2.17. The molecule has 0 aromatic heterocycles. The molecular weight excluding hydrogens is 278 g/mol. The van der Waals surface area contributed by atoms with Crippen molar-refractivity contribution in [3.8, 4) is 0 Å². The van der Waals surface area contributed by atoms with Crippen molar-refractivity contribution in [1.29, 1.82) is 0 Å². The first-order valence-corrected chi connectivity index (χ1v) is 7.73. The lowest BCUT2D eigenvalue weighted by molar-refractivity contribution is -0.115. The molecule has 0 saturated carbocycles. The molecule has 112 valence electrons. The Kier molecular flexibility index (Phi) is 5.67. The van der Waals surface area contributed by atoms with Crippen LogP contribution in [0.15, 0.2) is 29.2 Å². The van der Waals surface area contributed by atoms with Crippen LogP contribution in [-0.4, -0.2) is 45.3 Å². The number of hydrogen-bond donors (Lipinski definition) is 2. The summed E-state index contributed by atoms with van der Waals surface area (Å²) in [6, 6.07) is 6.41. The molecule has 0 fully saturated rings. The van der Waals surface area contributed by atoms with Crippen molar-refractivity contribution < 1.29 is 13.2 Å². The highest BCUT2D eigenvalue weighted by Crippen LogP contribution is 2.17. The van der Waals surface area contributed by atoms with Crippen LogP contribution in [0.1, 0.15) is 13.8 Å². The summed E-state index contributed by atoms with van der Waals surface area (Å²) >= 11 is 0. The van der Waals surface area contributed by atoms with Gasteiger partial charge < -0.3 is 10.6 Å². The zero-order chi connectivity index (χ0) is 15.3. The quantitative estimate of drug-likeness (QED) is 0.817. The number of benzene rings is 1. The summed E-state index contributed by atoms with van der Waals surface area (Å²) in [6.07, 6.45) is 0. The molecule has 0 aliphatic heterocycles. The fourth-order valence-electron chi connectivity index (χ4n) is 1.45. The smallest absolute Gasteiger partial charge is 0.242 e. The van der Waals surface area contributed by atoms with Gasteiger partial charge in [-0.1, -0.05) is 19.9 Å². The van der Waals surface area contributed by atoms with E-state index in [1.165, 1.54) is 26.2 Å². The number of carbonyl (C=O) groups is 1. The third-order valence-electron chi connectivity index (χ3n) is 2.57. The van der Waals surface area contributed by atoms with Crippen molar-refractivity contribution >= 4 is 21.6 Å². The Labute approximate surface area is 120 Å². The fraction of sp³-hybridized carbons (Fsp3) is 0.462. The topological polar surface area (TPSA) is 78.5 Å². The van der Waals surface area contributed by atoms with Crippen molar-refractivity contribution in [2.24, 2.45) is 0 Å². The molecule has 2 N–H and O–H groups in total. The van der Waals surface area contributed by atoms with E-state index in [0.29, 0.717) is 5.69 Å². The van der Waals surface area contributed by atoms with Crippen LogP contribution in [0, 0.1) is 0 Å². The Morgan fingerprint density at radius 2 is 1.95 bits per heavy atom. The first kappa shape index (κ1) is 16.6. The minimum absolute atomic E-state index is 0.150. The van der Waals surface area contributed by atoms with Gasteiger partial charge in [0.1, 0.15) is 0 Å². The maximum Gasteiger partial charge on any atom is 0.242 e. The van der Waals surface area contributed by atoms with Gasteiger partial charge in [0.05, 0.1) is 11.4 Å². The average Bonchev–Trinajstić information content (AvgIpc) is 2.36. The third-order valence-corrected chi connectivity index (χ3v) is 4.38. The summed E-state index contributed by atoms with van der Waals surface area (Å²) in [6.45, 7) is 4.07. The van der Waals surface area contributed by atoms with E-state index < -0.39 is 10.0 Å². The number of rotatable bonds is 6. The van der Waals surface area contributed by atoms with Crippen LogP contribution < -0.4 is 10.6 Å². The van der Waals surface area contributed by atoms with Gasteiger partial charge in [0.25, 0.3) is 0 Å². The van der Waals surface area contributed by atoms with Crippen LogP contribution in [0.2, 0.25) is 0 Å². The lowest BCUT2D eigenvalue weighted by Crippen LogP contribution is -2.32. The van der Waals surface area contributed by atoms with Gasteiger partial charge >= 0.3 is 0 Å². The maximum atomic E-state index is 12.0. The summed E-state index contributed by atoms with van der Waals surface area (Å²) in [5.74, 6) is -0.210. The zero-order valence-corrected chi connectivity index (χ0v) is 13.0. The number of carbonyl (C=O) groups excluding carboxylic acids is 1. The van der Waals surface area contributed by atoms with Gasteiger partial charge in [0, 0.05) is 25.8 Å². The average molecular weight is 299 g/mol. The molecule has 1 aromatic rings. The molecule has 1 rings (SSSR count). The second kappa shape index (κ2) is 6.83. The SMILES string of the molecule is CC(C)NCC(=O)Nc1cccc(S(=O)(=O)N(C)C)c1. The van der Waals surface area contributed by atoms with Crippen molar-refractivity contribution in [1.82, 2.24) is 9.62 Å². The number of hydrogen-bond acceptors (Lipinski definition) is 4. The molecule has 0 aliphatic rings. The summed E-state index contributed by atoms with van der Waals surface area (Å²) < 4.78 is 25.1. The molecule has 0 saturated heterocycles. The van der Waals surface area contributed by atoms with Gasteiger partial charge in [-0.3, -0.25) is 4.79 Å². The van der Waals surface area contributed by atoms with Crippen LogP contribution in [0.5, 0.6) is 0 Å². The van der Waals surface area contributed by atoms with E-state index in [9.17, 15) is 13.2 Å². The minimum Gasteiger partial charge on any atom is -0.325 e. The van der Waals surface area contributed by atoms with E-state index in [1.54, 1.807) is 12.1 Å². The Bertz CT molecular complexity index is 568. The summed E-state index contributed by atoms with van der Waals surface area (Å²) in [4.78, 5) is 11.8. The molecule has 0 spiro atoms. The Morgan fingerprint density at radius 3 is 2.50 bits per heavy atom. The van der Waals surface area contributed by atoms with Crippen LogP contribution in [0.25, 0.3) is 0 Å². The van der Waals surface area contributed by atoms with E-state index in [2.05, 4.69) is 10.6 Å². The number of sulfonamides is 1. The number of nitrogens with one attached hydrogen (secondary N) is 2. The first-order valence-electron chi connectivity index (χ1n) is 6.29. The molecular formula is C13H21N3O3S. The molecule has 0 unspecified atom stereocenters. The predicted molar refractivity (Wildman–Crippen MR) is 79.1 cm³/mol. The predicted octanol–water partition coefficient (Wildman–Crippen LogP) is 0.873. The Balaban J connectivity index is 2.82. The molecule has 0 heterocycles. The van der Waals surface area contributed by atoms with Crippen LogP contribution in [0.4, 0.5) is 5.69 Å². The highest BCUT2D eigenvalue weighted by molar-refractivity contribution is 7.89. The monoisotopic (exact) mass is 299 g/mol. The van der Waals surface area contributed by atoms with E-state index in [4.69, 9.17) is 0 Å². The lowest BCUT2D eigenvalue weighted by Gasteiger charge is -2.13. The third kappa shape index (κ3) is 4.59. The van der Waals surface area contributed by atoms with Gasteiger partial charge in [-0.05, 0) is 18.2 Å². The molecule has 1 amide bonds. The van der Waals surface area contributed by atoms with Gasteiger partial charge in [-0.15, -0.1) is 0 Å². The van der Waals surface area contributed by atoms with Gasteiger partial charge in [-0.2, -0.15) is 0 Å². The van der Waals surface area contributed by atoms with Crippen LogP contribution >= 0.6 is 0 Å². The largest absolute Gasteiger partial charge is 0.325 e. The second-order valence-electron chi connectivity index (χ2n) is 4.90. The maximum absolute atomic E-state index is 12.0. The molecule has 1 aromatic carbocycles. The van der Waals surface area contributed by atoms with E-state index in [0.717, 1.165) is 4.31 Å². The van der Waals surface area contributed by atoms with E-state index >= 15 is 0 Å². The lowest BCUT2D eigenvalue weighted by atomic mass is 10.3. The standard InChI is InChI=1S/C13H21N3O3S/c1-10(2)14-9-13(17)15-11-6-5-7-12(8-11)20(18,19)16(3)4/h5-8,10,14H,9H2,1-4H3,(H,15,17). The van der Waals surface area contributed by atoms with Crippen molar-refractivity contribution in [2.75, 3.05) is 26.0 Å². The van der Waals surface area contributed by atoms with Crippen molar-refractivity contribution in [3.05, 3.63) is 24.3 Å². The molecule has 20 heavy (non-hydrogen) atoms. The van der Waals surface area contributed by atoms with Gasteiger partial charge in [-0.25, -0.2) is 12.7 Å². The minimum atomic E-state index is -3.49.